The van der Waals surface area contributed by atoms with E-state index in [0.29, 0.717) is 11.9 Å². The van der Waals surface area contributed by atoms with Gasteiger partial charge in [-0.15, -0.1) is 0 Å². The zero-order valence-corrected chi connectivity index (χ0v) is 11.7. The number of carbonyl (C=O) groups excluding carboxylic acids is 1. The van der Waals surface area contributed by atoms with Gasteiger partial charge in [-0.1, -0.05) is 0 Å². The number of amides is 1. The third kappa shape index (κ3) is 4.64. The lowest BCUT2D eigenvalue weighted by atomic mass is 10.2. The van der Waals surface area contributed by atoms with Crippen LogP contribution in [0.15, 0.2) is 0 Å². The van der Waals surface area contributed by atoms with Crippen molar-refractivity contribution >= 4 is 5.91 Å². The number of ether oxygens (including phenoxy) is 1. The maximum atomic E-state index is 11.7. The molecule has 4 heteroatoms. The number of likely N-dealkylation sites (tertiary alicyclic amines) is 1. The lowest BCUT2D eigenvalue weighted by Crippen LogP contribution is -2.48. The zero-order valence-electron chi connectivity index (χ0n) is 11.7. The molecule has 0 saturated carbocycles. The first kappa shape index (κ1) is 14.5. The highest BCUT2D eigenvalue weighted by molar-refractivity contribution is 5.78. The Balaban J connectivity index is 2.30. The van der Waals surface area contributed by atoms with E-state index >= 15 is 0 Å². The van der Waals surface area contributed by atoms with Crippen LogP contribution in [0.2, 0.25) is 0 Å². The molecule has 0 radical (unpaired) electrons. The Hall–Kier alpha value is -0.610. The molecule has 1 aliphatic heterocycles. The number of quaternary nitrogens is 1. The summed E-state index contributed by atoms with van der Waals surface area (Å²) in [4.78, 5) is 13.7. The van der Waals surface area contributed by atoms with E-state index in [4.69, 9.17) is 4.74 Å². The molecule has 0 aromatic carbocycles. The van der Waals surface area contributed by atoms with E-state index in [1.165, 1.54) is 0 Å². The second-order valence-electron chi connectivity index (χ2n) is 5.55. The fourth-order valence-corrected chi connectivity index (χ4v) is 2.17. The Bertz CT molecular complexity index is 254. The number of carbonyl (C=O) groups is 1. The summed E-state index contributed by atoms with van der Waals surface area (Å²) in [6, 6.07) is 0.425. The highest BCUT2D eigenvalue weighted by Gasteiger charge is 2.29. The van der Waals surface area contributed by atoms with Gasteiger partial charge in [0.15, 0.2) is 0 Å². The lowest BCUT2D eigenvalue weighted by molar-refractivity contribution is -0.890. The normalized spacial score (nSPS) is 21.3. The van der Waals surface area contributed by atoms with Gasteiger partial charge in [-0.25, -0.2) is 0 Å². The minimum absolute atomic E-state index is 0.322. The Morgan fingerprint density at radius 3 is 2.65 bits per heavy atom. The van der Waals surface area contributed by atoms with Crippen molar-refractivity contribution in [3.8, 4) is 0 Å². The van der Waals surface area contributed by atoms with Crippen molar-refractivity contribution in [1.29, 1.82) is 0 Å². The monoisotopic (exact) mass is 243 g/mol. The van der Waals surface area contributed by atoms with Crippen LogP contribution in [0, 0.1) is 0 Å². The molecule has 1 fully saturated rings. The van der Waals surface area contributed by atoms with Gasteiger partial charge in [-0.2, -0.15) is 0 Å². The zero-order chi connectivity index (χ0) is 12.9. The molecule has 1 unspecified atom stereocenters. The number of hydrogen-bond acceptors (Lipinski definition) is 2. The van der Waals surface area contributed by atoms with Crippen molar-refractivity contribution in [2.24, 2.45) is 0 Å². The fraction of sp³-hybridized carbons (Fsp3) is 0.923. The molecule has 0 bridgehead atoms. The highest BCUT2D eigenvalue weighted by atomic mass is 16.5. The average Bonchev–Trinajstić information content (AvgIpc) is 2.56. The third-order valence-corrected chi connectivity index (χ3v) is 3.62. The average molecular weight is 243 g/mol. The number of rotatable bonds is 7. The molecule has 1 atom stereocenters. The quantitative estimate of drug-likeness (QED) is 0.495. The molecular formula is C13H27N2O2+. The molecule has 0 aliphatic carbocycles. The molecule has 0 aromatic heterocycles. The second-order valence-corrected chi connectivity index (χ2v) is 5.55. The van der Waals surface area contributed by atoms with Gasteiger partial charge >= 0.3 is 0 Å². The summed E-state index contributed by atoms with van der Waals surface area (Å²) < 4.78 is 6.30. The van der Waals surface area contributed by atoms with Crippen LogP contribution in [0.25, 0.3) is 0 Å². The Morgan fingerprint density at radius 2 is 2.12 bits per heavy atom. The number of likely N-dealkylation sites (N-methyl/N-ethyl adjacent to an activating group) is 1. The van der Waals surface area contributed by atoms with Crippen LogP contribution < -0.4 is 0 Å². The van der Waals surface area contributed by atoms with Crippen molar-refractivity contribution in [2.45, 2.75) is 32.7 Å². The molecular weight excluding hydrogens is 216 g/mol. The molecule has 17 heavy (non-hydrogen) atoms. The minimum atomic E-state index is 0.322. The largest absolute Gasteiger partial charge is 0.376 e. The van der Waals surface area contributed by atoms with E-state index in [0.717, 1.165) is 50.2 Å². The molecule has 0 N–H and O–H groups in total. The first-order chi connectivity index (χ1) is 7.96. The maximum absolute atomic E-state index is 11.7. The summed E-state index contributed by atoms with van der Waals surface area (Å²) in [6.45, 7) is 8.62. The van der Waals surface area contributed by atoms with Gasteiger partial charge in [0.2, 0.25) is 5.91 Å². The Morgan fingerprint density at radius 1 is 1.41 bits per heavy atom. The molecule has 1 saturated heterocycles. The summed E-state index contributed by atoms with van der Waals surface area (Å²) in [7, 11) is 4.40. The van der Waals surface area contributed by atoms with Crippen LogP contribution in [0.4, 0.5) is 0 Å². The van der Waals surface area contributed by atoms with Crippen LogP contribution in [-0.4, -0.2) is 68.3 Å². The van der Waals surface area contributed by atoms with Gasteiger partial charge in [-0.3, -0.25) is 4.79 Å². The fourth-order valence-electron chi connectivity index (χ4n) is 2.17. The van der Waals surface area contributed by atoms with Crippen LogP contribution in [-0.2, 0) is 9.53 Å². The topological polar surface area (TPSA) is 29.5 Å². The highest BCUT2D eigenvalue weighted by Crippen LogP contribution is 2.17. The Labute approximate surface area is 105 Å². The van der Waals surface area contributed by atoms with Crippen molar-refractivity contribution in [3.63, 3.8) is 0 Å². The first-order valence-corrected chi connectivity index (χ1v) is 6.65. The first-order valence-electron chi connectivity index (χ1n) is 6.65. The molecule has 1 aliphatic rings. The predicted octanol–water partition coefficient (Wildman–Crippen LogP) is 1.11. The van der Waals surface area contributed by atoms with Crippen LogP contribution in [0.5, 0.6) is 0 Å². The van der Waals surface area contributed by atoms with E-state index in [1.807, 2.05) is 11.8 Å². The molecule has 0 spiro atoms. The van der Waals surface area contributed by atoms with Crippen LogP contribution >= 0.6 is 0 Å². The van der Waals surface area contributed by atoms with Gasteiger partial charge in [0.05, 0.1) is 33.8 Å². The van der Waals surface area contributed by atoms with Crippen molar-refractivity contribution < 1.29 is 14.0 Å². The lowest BCUT2D eigenvalue weighted by Gasteiger charge is -2.32. The minimum Gasteiger partial charge on any atom is -0.376 e. The van der Waals surface area contributed by atoms with Crippen molar-refractivity contribution in [1.82, 2.24) is 4.90 Å². The smallest absolute Gasteiger partial charge is 0.223 e. The molecule has 1 rings (SSSR count). The summed E-state index contributed by atoms with van der Waals surface area (Å²) in [5.41, 5.74) is 0. The van der Waals surface area contributed by atoms with Gasteiger partial charge in [0.25, 0.3) is 0 Å². The summed E-state index contributed by atoms with van der Waals surface area (Å²) in [5, 5.41) is 0. The van der Waals surface area contributed by atoms with Gasteiger partial charge in [-0.05, 0) is 20.3 Å². The predicted molar refractivity (Wildman–Crippen MR) is 68.7 cm³/mol. The summed E-state index contributed by atoms with van der Waals surface area (Å²) >= 11 is 0. The van der Waals surface area contributed by atoms with Gasteiger partial charge in [0.1, 0.15) is 6.54 Å². The summed E-state index contributed by atoms with van der Waals surface area (Å²) in [5.74, 6) is 0.322. The van der Waals surface area contributed by atoms with Crippen LogP contribution in [0.3, 0.4) is 0 Å². The number of nitrogens with zero attached hydrogens (tertiary/aromatic N) is 2. The van der Waals surface area contributed by atoms with Gasteiger partial charge < -0.3 is 14.1 Å². The molecule has 1 heterocycles. The second kappa shape index (κ2) is 6.36. The third-order valence-electron chi connectivity index (χ3n) is 3.62. The van der Waals surface area contributed by atoms with E-state index in [9.17, 15) is 4.79 Å². The van der Waals surface area contributed by atoms with Crippen molar-refractivity contribution in [2.75, 3.05) is 46.9 Å². The van der Waals surface area contributed by atoms with E-state index in [2.05, 4.69) is 21.0 Å². The number of hydrogen-bond donors (Lipinski definition) is 0. The van der Waals surface area contributed by atoms with E-state index in [-0.39, 0.29) is 0 Å². The maximum Gasteiger partial charge on any atom is 0.223 e. The van der Waals surface area contributed by atoms with Crippen molar-refractivity contribution in [3.05, 3.63) is 0 Å². The van der Waals surface area contributed by atoms with E-state index < -0.39 is 0 Å². The molecule has 4 nitrogen and oxygen atoms in total. The van der Waals surface area contributed by atoms with E-state index in [1.54, 1.807) is 0 Å². The summed E-state index contributed by atoms with van der Waals surface area (Å²) in [6.07, 6.45) is 1.75. The molecule has 0 aromatic rings. The Kier molecular flexibility index (Phi) is 5.40. The van der Waals surface area contributed by atoms with Crippen LogP contribution in [0.1, 0.15) is 26.7 Å². The molecule has 100 valence electrons. The molecule has 1 amide bonds. The van der Waals surface area contributed by atoms with Gasteiger partial charge in [0, 0.05) is 19.1 Å². The SMILES string of the molecule is CCOCC[N+](C)(C)CCN1C(=O)CCC1C. The standard InChI is InChI=1S/C13H27N2O2/c1-5-17-11-10-15(3,4)9-8-14-12(2)6-7-13(14)16/h12H,5-11H2,1-4H3/q+1.